The molecule has 0 N–H and O–H groups in total. The van der Waals surface area contributed by atoms with Gasteiger partial charge in [-0.1, -0.05) is 50.3 Å². The number of thiocarbonyl (C=S) groups is 1. The van der Waals surface area contributed by atoms with E-state index in [9.17, 15) is 0 Å². The molecule has 1 heteroatoms. The summed E-state index contributed by atoms with van der Waals surface area (Å²) in [6.45, 7) is 4.36. The number of rotatable bonds is 2. The highest BCUT2D eigenvalue weighted by Gasteiger charge is 2.01. The van der Waals surface area contributed by atoms with E-state index in [0.29, 0.717) is 5.92 Å². The molecule has 1 aromatic rings. The lowest BCUT2D eigenvalue weighted by molar-refractivity contribution is 0.865. The Morgan fingerprint density at radius 3 is 2.36 bits per heavy atom. The average Bonchev–Trinajstić information content (AvgIpc) is 2.04. The Balaban J connectivity index is 3.12. The molecule has 0 saturated heterocycles. The second-order valence-electron chi connectivity index (χ2n) is 2.90. The molecule has 1 rings (SSSR count). The van der Waals surface area contributed by atoms with Crippen LogP contribution in [0, 0.1) is 0 Å². The predicted octanol–water partition coefficient (Wildman–Crippen LogP) is 3.16. The summed E-state index contributed by atoms with van der Waals surface area (Å²) in [5.41, 5.74) is 2.51. The zero-order chi connectivity index (χ0) is 8.27. The Bertz CT molecular complexity index is 251. The third-order valence-corrected chi connectivity index (χ3v) is 2.00. The standard InChI is InChI=1S/C10H12S/c1-8(2)10-6-4-3-5-9(10)7-11/h3-8H,1-2H3. The van der Waals surface area contributed by atoms with Gasteiger partial charge >= 0.3 is 0 Å². The Morgan fingerprint density at radius 1 is 1.27 bits per heavy atom. The highest BCUT2D eigenvalue weighted by Crippen LogP contribution is 2.17. The van der Waals surface area contributed by atoms with Gasteiger partial charge in [-0.15, -0.1) is 0 Å². The first-order valence-corrected chi connectivity index (χ1v) is 4.27. The van der Waals surface area contributed by atoms with Crippen molar-refractivity contribution in [3.05, 3.63) is 35.4 Å². The summed E-state index contributed by atoms with van der Waals surface area (Å²) in [4.78, 5) is 0. The van der Waals surface area contributed by atoms with E-state index in [4.69, 9.17) is 12.2 Å². The fraction of sp³-hybridized carbons (Fsp3) is 0.300. The second kappa shape index (κ2) is 3.63. The third-order valence-electron chi connectivity index (χ3n) is 1.74. The fourth-order valence-corrected chi connectivity index (χ4v) is 1.36. The highest BCUT2D eigenvalue weighted by molar-refractivity contribution is 7.79. The molecule has 0 aliphatic heterocycles. The molecule has 0 aliphatic carbocycles. The molecule has 0 heterocycles. The van der Waals surface area contributed by atoms with Crippen molar-refractivity contribution < 1.29 is 0 Å². The van der Waals surface area contributed by atoms with Crippen molar-refractivity contribution in [1.29, 1.82) is 0 Å². The number of hydrogen-bond donors (Lipinski definition) is 0. The van der Waals surface area contributed by atoms with Crippen LogP contribution < -0.4 is 0 Å². The minimum Gasteiger partial charge on any atom is -0.0881 e. The summed E-state index contributed by atoms with van der Waals surface area (Å²) >= 11 is 4.90. The van der Waals surface area contributed by atoms with Crippen molar-refractivity contribution in [2.75, 3.05) is 0 Å². The maximum absolute atomic E-state index is 4.90. The normalized spacial score (nSPS) is 10.1. The number of hydrogen-bond acceptors (Lipinski definition) is 1. The van der Waals surface area contributed by atoms with Crippen LogP contribution in [0.4, 0.5) is 0 Å². The minimum absolute atomic E-state index is 0.561. The molecular formula is C10H12S. The molecule has 0 fully saturated rings. The molecule has 1 aromatic carbocycles. The first kappa shape index (κ1) is 8.41. The van der Waals surface area contributed by atoms with E-state index in [1.165, 1.54) is 11.1 Å². The molecule has 11 heavy (non-hydrogen) atoms. The molecule has 0 nitrogen and oxygen atoms in total. The van der Waals surface area contributed by atoms with Gasteiger partial charge in [0.25, 0.3) is 0 Å². The smallest absolute Gasteiger partial charge is 0.00889 e. The Hall–Kier alpha value is -0.690. The van der Waals surface area contributed by atoms with E-state index in [-0.39, 0.29) is 0 Å². The average molecular weight is 164 g/mol. The van der Waals surface area contributed by atoms with Crippen LogP contribution in [0.5, 0.6) is 0 Å². The van der Waals surface area contributed by atoms with Crippen molar-refractivity contribution in [2.45, 2.75) is 19.8 Å². The minimum atomic E-state index is 0.561. The van der Waals surface area contributed by atoms with Crippen LogP contribution in [-0.4, -0.2) is 5.37 Å². The summed E-state index contributed by atoms with van der Waals surface area (Å²) in [7, 11) is 0. The van der Waals surface area contributed by atoms with Gasteiger partial charge in [0.05, 0.1) is 0 Å². The second-order valence-corrected chi connectivity index (χ2v) is 3.14. The van der Waals surface area contributed by atoms with Gasteiger partial charge in [0.1, 0.15) is 0 Å². The van der Waals surface area contributed by atoms with Gasteiger partial charge in [-0.25, -0.2) is 0 Å². The van der Waals surface area contributed by atoms with E-state index in [2.05, 4.69) is 32.0 Å². The quantitative estimate of drug-likeness (QED) is 0.605. The van der Waals surface area contributed by atoms with Gasteiger partial charge in [0.2, 0.25) is 0 Å². The summed E-state index contributed by atoms with van der Waals surface area (Å²) < 4.78 is 0. The lowest BCUT2D eigenvalue weighted by Gasteiger charge is -2.07. The van der Waals surface area contributed by atoms with E-state index in [1.54, 1.807) is 5.37 Å². The molecule has 0 spiro atoms. The molecule has 0 amide bonds. The molecule has 0 aliphatic rings. The van der Waals surface area contributed by atoms with E-state index in [0.717, 1.165) is 0 Å². The highest BCUT2D eigenvalue weighted by atomic mass is 32.1. The van der Waals surface area contributed by atoms with Crippen LogP contribution in [0.1, 0.15) is 30.9 Å². The third kappa shape index (κ3) is 1.87. The molecule has 0 unspecified atom stereocenters. The monoisotopic (exact) mass is 164 g/mol. The summed E-state index contributed by atoms with van der Waals surface area (Å²) in [5.74, 6) is 0.561. The molecule has 0 atom stereocenters. The van der Waals surface area contributed by atoms with Crippen LogP contribution in [-0.2, 0) is 0 Å². The van der Waals surface area contributed by atoms with Crippen LogP contribution in [0.2, 0.25) is 0 Å². The van der Waals surface area contributed by atoms with Gasteiger partial charge in [-0.05, 0) is 17.0 Å². The number of benzene rings is 1. The summed E-state index contributed by atoms with van der Waals surface area (Å²) in [6, 6.07) is 8.26. The zero-order valence-corrected chi connectivity index (χ0v) is 7.69. The first-order valence-electron chi connectivity index (χ1n) is 3.80. The summed E-state index contributed by atoms with van der Waals surface area (Å²) in [6.07, 6.45) is 0. The molecular weight excluding hydrogens is 152 g/mol. The molecule has 0 aromatic heterocycles. The van der Waals surface area contributed by atoms with Crippen molar-refractivity contribution in [3.8, 4) is 0 Å². The first-order chi connectivity index (χ1) is 5.25. The Morgan fingerprint density at radius 2 is 1.91 bits per heavy atom. The Kier molecular flexibility index (Phi) is 2.77. The largest absolute Gasteiger partial charge is 0.0881 e. The van der Waals surface area contributed by atoms with Gasteiger partial charge in [0.15, 0.2) is 0 Å². The van der Waals surface area contributed by atoms with Gasteiger partial charge < -0.3 is 0 Å². The molecule has 0 saturated carbocycles. The Labute approximate surface area is 73.2 Å². The predicted molar refractivity (Wildman–Crippen MR) is 53.3 cm³/mol. The van der Waals surface area contributed by atoms with E-state index < -0.39 is 0 Å². The van der Waals surface area contributed by atoms with Crippen LogP contribution >= 0.6 is 12.2 Å². The maximum atomic E-state index is 4.90. The topological polar surface area (TPSA) is 0 Å². The van der Waals surface area contributed by atoms with Crippen LogP contribution in [0.15, 0.2) is 24.3 Å². The molecule has 0 radical (unpaired) electrons. The van der Waals surface area contributed by atoms with Crippen molar-refractivity contribution >= 4 is 17.6 Å². The van der Waals surface area contributed by atoms with E-state index >= 15 is 0 Å². The SMILES string of the molecule is CC(C)c1ccccc1C=S. The molecule has 0 bridgehead atoms. The van der Waals surface area contributed by atoms with Crippen LogP contribution in [0.25, 0.3) is 0 Å². The van der Waals surface area contributed by atoms with Gasteiger partial charge in [0, 0.05) is 5.37 Å². The van der Waals surface area contributed by atoms with Crippen molar-refractivity contribution in [3.63, 3.8) is 0 Å². The zero-order valence-electron chi connectivity index (χ0n) is 6.87. The maximum Gasteiger partial charge on any atom is 0.00889 e. The van der Waals surface area contributed by atoms with E-state index in [1.807, 2.05) is 6.07 Å². The van der Waals surface area contributed by atoms with Gasteiger partial charge in [-0.2, -0.15) is 0 Å². The van der Waals surface area contributed by atoms with Gasteiger partial charge in [-0.3, -0.25) is 0 Å². The van der Waals surface area contributed by atoms with Crippen molar-refractivity contribution in [2.24, 2.45) is 0 Å². The lowest BCUT2D eigenvalue weighted by atomic mass is 9.98. The molecule has 58 valence electrons. The van der Waals surface area contributed by atoms with Crippen molar-refractivity contribution in [1.82, 2.24) is 0 Å². The lowest BCUT2D eigenvalue weighted by Crippen LogP contribution is -1.92. The van der Waals surface area contributed by atoms with Crippen LogP contribution in [0.3, 0.4) is 0 Å². The fourth-order valence-electron chi connectivity index (χ4n) is 1.14. The summed E-state index contributed by atoms with van der Waals surface area (Å²) in [5, 5.41) is 1.75.